The van der Waals surface area contributed by atoms with Gasteiger partial charge >= 0.3 is 0 Å². The molecule has 6 heavy (non-hydrogen) atoms. The summed E-state index contributed by atoms with van der Waals surface area (Å²) in [7, 11) is 0. The number of alkyl halides is 1. The molecule has 0 bridgehead atoms. The largest absolute Gasteiger partial charge is 0.318 e. The molecule has 0 fully saturated rings. The third-order valence-corrected chi connectivity index (χ3v) is 0.610. The van der Waals surface area contributed by atoms with E-state index in [0.717, 1.165) is 0 Å². The van der Waals surface area contributed by atoms with Gasteiger partial charge in [-0.2, -0.15) is 5.26 Å². The average Bonchev–Trinajstić information content (AvgIpc) is 1.35. The highest BCUT2D eigenvalue weighted by atomic mass is 79.9. The van der Waals surface area contributed by atoms with Crippen LogP contribution in [-0.2, 0) is 0 Å². The first-order valence-corrected chi connectivity index (χ1v) is 2.45. The first kappa shape index (κ1) is 5.93. The van der Waals surface area contributed by atoms with E-state index in [9.17, 15) is 0 Å². The van der Waals surface area contributed by atoms with Gasteiger partial charge in [-0.05, 0) is 0 Å². The first-order valence-electron chi connectivity index (χ1n) is 1.54. The van der Waals surface area contributed by atoms with Crippen molar-refractivity contribution in [3.05, 3.63) is 0 Å². The Bertz CT molecular complexity index is 63.7. The van der Waals surface area contributed by atoms with Gasteiger partial charge in [-0.25, -0.2) is 0 Å². The van der Waals surface area contributed by atoms with E-state index in [1.54, 1.807) is 0 Å². The maximum atomic E-state index is 7.88. The smallest absolute Gasteiger partial charge is 0.0737 e. The van der Waals surface area contributed by atoms with Gasteiger partial charge in [-0.3, -0.25) is 0 Å². The first-order chi connectivity index (χ1) is 2.77. The van der Waals surface area contributed by atoms with Crippen LogP contribution >= 0.6 is 15.9 Å². The molecule has 0 amide bonds. The number of halogens is 1. The number of hydrogen-bond acceptors (Lipinski definition) is 2. The molecule has 0 rings (SSSR count). The van der Waals surface area contributed by atoms with Gasteiger partial charge in [-0.1, -0.05) is 15.9 Å². The third kappa shape index (κ3) is 3.93. The monoisotopic (exact) mass is 148 g/mol. The molecule has 0 radical (unpaired) electrons. The second kappa shape index (κ2) is 3.13. The minimum Gasteiger partial charge on any atom is -0.318 e. The van der Waals surface area contributed by atoms with Gasteiger partial charge in [0.25, 0.3) is 0 Å². The molecule has 34 valence electrons. The van der Waals surface area contributed by atoms with Crippen molar-refractivity contribution < 1.29 is 0 Å². The molecule has 3 heteroatoms. The molecule has 0 aliphatic heterocycles. The number of nitrogens with two attached hydrogens (primary N) is 1. The fourth-order valence-electron chi connectivity index (χ4n) is 0.0872. The second-order valence-corrected chi connectivity index (χ2v) is 2.05. The Morgan fingerprint density at radius 2 is 2.50 bits per heavy atom. The van der Waals surface area contributed by atoms with Crippen LogP contribution in [0.1, 0.15) is 6.42 Å². The summed E-state index contributed by atoms with van der Waals surface area (Å²) in [5.41, 5.74) is 5.10. The molecule has 0 spiro atoms. The third-order valence-electron chi connectivity index (χ3n) is 0.286. The molecule has 0 aromatic heterocycles. The Hall–Kier alpha value is -0.0700. The van der Waals surface area contributed by atoms with Crippen LogP contribution in [-0.4, -0.2) is 4.95 Å². The van der Waals surface area contributed by atoms with Crippen molar-refractivity contribution in [1.29, 1.82) is 5.26 Å². The molecule has 2 nitrogen and oxygen atoms in total. The van der Waals surface area contributed by atoms with E-state index >= 15 is 0 Å². The van der Waals surface area contributed by atoms with Gasteiger partial charge in [0.1, 0.15) is 0 Å². The summed E-state index contributed by atoms with van der Waals surface area (Å²) < 4.78 is 0. The zero-order chi connectivity index (χ0) is 4.99. The quantitative estimate of drug-likeness (QED) is 0.437. The topological polar surface area (TPSA) is 49.8 Å². The lowest BCUT2D eigenvalue weighted by molar-refractivity contribution is 0.961. The fourth-order valence-corrected chi connectivity index (χ4v) is 0.232. The van der Waals surface area contributed by atoms with E-state index in [2.05, 4.69) is 15.9 Å². The molecule has 0 aliphatic rings. The molecular formula is C3H5BrN2. The molecule has 0 aliphatic carbocycles. The molecule has 0 heterocycles. The lowest BCUT2D eigenvalue weighted by Crippen LogP contribution is -2.08. The molecule has 1 atom stereocenters. The predicted molar refractivity (Wildman–Crippen MR) is 27.1 cm³/mol. The molecule has 0 aromatic carbocycles. The van der Waals surface area contributed by atoms with E-state index in [1.807, 2.05) is 6.07 Å². The fraction of sp³-hybridized carbons (Fsp3) is 0.667. The van der Waals surface area contributed by atoms with E-state index < -0.39 is 0 Å². The van der Waals surface area contributed by atoms with Gasteiger partial charge in [-0.15, -0.1) is 0 Å². The van der Waals surface area contributed by atoms with Crippen molar-refractivity contribution in [3.8, 4) is 6.07 Å². The molecule has 0 aromatic rings. The Kier molecular flexibility index (Phi) is 3.10. The van der Waals surface area contributed by atoms with Crippen molar-refractivity contribution in [2.75, 3.05) is 0 Å². The summed E-state index contributed by atoms with van der Waals surface area (Å²) >= 11 is 2.99. The zero-order valence-electron chi connectivity index (χ0n) is 3.19. The molecule has 0 saturated carbocycles. The van der Waals surface area contributed by atoms with Gasteiger partial charge in [0.05, 0.1) is 17.4 Å². The molecule has 2 N–H and O–H groups in total. The van der Waals surface area contributed by atoms with Crippen LogP contribution in [0.5, 0.6) is 0 Å². The van der Waals surface area contributed by atoms with Crippen molar-refractivity contribution >= 4 is 15.9 Å². The van der Waals surface area contributed by atoms with E-state index in [0.29, 0.717) is 6.42 Å². The Morgan fingerprint density at radius 1 is 2.00 bits per heavy atom. The summed E-state index contributed by atoms with van der Waals surface area (Å²) in [6, 6.07) is 1.90. The van der Waals surface area contributed by atoms with Crippen LogP contribution < -0.4 is 5.73 Å². The normalized spacial score (nSPS) is 12.8. The SMILES string of the molecule is N#CCC(N)Br. The van der Waals surface area contributed by atoms with Crippen LogP contribution in [0.25, 0.3) is 0 Å². The summed E-state index contributed by atoms with van der Waals surface area (Å²) in [6.45, 7) is 0. The maximum absolute atomic E-state index is 7.88. The van der Waals surface area contributed by atoms with E-state index in [-0.39, 0.29) is 4.95 Å². The second-order valence-electron chi connectivity index (χ2n) is 0.878. The summed E-state index contributed by atoms with van der Waals surface area (Å²) in [4.78, 5) is -0.150. The summed E-state index contributed by atoms with van der Waals surface area (Å²) in [5.74, 6) is 0. The predicted octanol–water partition coefficient (Wildman–Crippen LogP) is 0.580. The summed E-state index contributed by atoms with van der Waals surface area (Å²) in [5, 5.41) is 7.88. The van der Waals surface area contributed by atoms with Crippen molar-refractivity contribution in [3.63, 3.8) is 0 Å². The van der Waals surface area contributed by atoms with Gasteiger partial charge in [0.15, 0.2) is 0 Å². The van der Waals surface area contributed by atoms with Gasteiger partial charge in [0.2, 0.25) is 0 Å². The molecule has 1 unspecified atom stereocenters. The summed E-state index contributed by atoms with van der Waals surface area (Å²) in [6.07, 6.45) is 0.375. The van der Waals surface area contributed by atoms with Gasteiger partial charge in [0, 0.05) is 0 Å². The minimum atomic E-state index is -0.150. The highest BCUT2D eigenvalue weighted by Crippen LogP contribution is 1.91. The van der Waals surface area contributed by atoms with Gasteiger partial charge < -0.3 is 5.73 Å². The van der Waals surface area contributed by atoms with Crippen LogP contribution in [0.15, 0.2) is 0 Å². The molecular weight excluding hydrogens is 144 g/mol. The number of hydrogen-bond donors (Lipinski definition) is 1. The highest BCUT2D eigenvalue weighted by molar-refractivity contribution is 9.09. The Balaban J connectivity index is 2.88. The number of rotatable bonds is 1. The number of nitrogens with zero attached hydrogens (tertiary/aromatic N) is 1. The lowest BCUT2D eigenvalue weighted by atomic mass is 10.5. The van der Waals surface area contributed by atoms with Crippen LogP contribution in [0, 0.1) is 11.3 Å². The lowest BCUT2D eigenvalue weighted by Gasteiger charge is -1.87. The van der Waals surface area contributed by atoms with E-state index in [4.69, 9.17) is 11.0 Å². The van der Waals surface area contributed by atoms with Crippen molar-refractivity contribution in [2.24, 2.45) is 5.73 Å². The van der Waals surface area contributed by atoms with E-state index in [1.165, 1.54) is 0 Å². The van der Waals surface area contributed by atoms with Crippen molar-refractivity contribution in [2.45, 2.75) is 11.4 Å². The number of nitriles is 1. The minimum absolute atomic E-state index is 0.150. The zero-order valence-corrected chi connectivity index (χ0v) is 4.77. The Labute approximate surface area is 45.1 Å². The van der Waals surface area contributed by atoms with Crippen LogP contribution in [0.4, 0.5) is 0 Å². The average molecular weight is 149 g/mol. The van der Waals surface area contributed by atoms with Crippen LogP contribution in [0.3, 0.4) is 0 Å². The Morgan fingerprint density at radius 3 is 2.50 bits per heavy atom. The van der Waals surface area contributed by atoms with Crippen LogP contribution in [0.2, 0.25) is 0 Å². The maximum Gasteiger partial charge on any atom is 0.0737 e. The van der Waals surface area contributed by atoms with Crippen molar-refractivity contribution in [1.82, 2.24) is 0 Å². The standard InChI is InChI=1S/C3H5BrN2/c4-3(6)1-2-5/h3H,1,6H2. The molecule has 0 saturated heterocycles. The highest BCUT2D eigenvalue weighted by Gasteiger charge is 1.88.